The fourth-order valence-corrected chi connectivity index (χ4v) is 4.34. The van der Waals surface area contributed by atoms with Gasteiger partial charge in [0.15, 0.2) is 0 Å². The molecule has 0 radical (unpaired) electrons. The molecule has 0 amide bonds. The summed E-state index contributed by atoms with van der Waals surface area (Å²) >= 11 is 0. The molecule has 32 heavy (non-hydrogen) atoms. The Bertz CT molecular complexity index is 1070. The molecule has 0 aliphatic rings. The van der Waals surface area contributed by atoms with Gasteiger partial charge in [0, 0.05) is 18.7 Å². The summed E-state index contributed by atoms with van der Waals surface area (Å²) in [4.78, 5) is 12.2. The molecule has 0 spiro atoms. The lowest BCUT2D eigenvalue weighted by atomic mass is 9.96. The molecule has 3 heteroatoms. The van der Waals surface area contributed by atoms with Crippen molar-refractivity contribution in [1.29, 1.82) is 0 Å². The van der Waals surface area contributed by atoms with Gasteiger partial charge in [-0.3, -0.25) is 4.90 Å². The Morgan fingerprint density at radius 2 is 1.19 bits per heavy atom. The molecule has 162 valence electrons. The van der Waals surface area contributed by atoms with Crippen molar-refractivity contribution in [1.82, 2.24) is 14.9 Å². The van der Waals surface area contributed by atoms with Crippen LogP contribution in [0.3, 0.4) is 0 Å². The Balaban J connectivity index is 1.75. The van der Waals surface area contributed by atoms with Crippen LogP contribution >= 0.6 is 0 Å². The number of nitrogens with zero attached hydrogens (tertiary/aromatic N) is 3. The van der Waals surface area contributed by atoms with Gasteiger partial charge in [0.05, 0.1) is 17.4 Å². The van der Waals surface area contributed by atoms with Crippen LogP contribution in [0, 0.1) is 12.8 Å². The standard InChI is InChI=1S/C29H31N3/c1-22(2)29(28-19-27(30-23(3)31-28)26-17-11-6-12-18-26)32(20-24-13-7-4-8-14-24)21-25-15-9-5-10-16-25/h4-19,22,29H,20-21H2,1-3H3/t29-/m0/s1. The van der Waals surface area contributed by atoms with E-state index in [1.807, 2.05) is 13.0 Å². The molecule has 3 aromatic carbocycles. The molecule has 0 fully saturated rings. The molecule has 0 unspecified atom stereocenters. The molecule has 0 saturated carbocycles. The van der Waals surface area contributed by atoms with E-state index >= 15 is 0 Å². The highest BCUT2D eigenvalue weighted by Gasteiger charge is 2.26. The van der Waals surface area contributed by atoms with Crippen molar-refractivity contribution in [3.8, 4) is 11.3 Å². The molecular weight excluding hydrogens is 390 g/mol. The summed E-state index contributed by atoms with van der Waals surface area (Å²) in [5.74, 6) is 1.20. The molecule has 4 rings (SSSR count). The monoisotopic (exact) mass is 421 g/mol. The molecule has 1 aromatic heterocycles. The van der Waals surface area contributed by atoms with Crippen molar-refractivity contribution in [2.75, 3.05) is 0 Å². The normalized spacial score (nSPS) is 12.3. The molecule has 1 atom stereocenters. The minimum Gasteiger partial charge on any atom is -0.286 e. The summed E-state index contributed by atoms with van der Waals surface area (Å²) < 4.78 is 0. The predicted molar refractivity (Wildman–Crippen MR) is 132 cm³/mol. The second-order valence-corrected chi connectivity index (χ2v) is 8.66. The third-order valence-corrected chi connectivity index (χ3v) is 5.71. The van der Waals surface area contributed by atoms with Crippen molar-refractivity contribution >= 4 is 0 Å². The van der Waals surface area contributed by atoms with Crippen molar-refractivity contribution in [2.24, 2.45) is 5.92 Å². The molecule has 0 aliphatic heterocycles. The van der Waals surface area contributed by atoms with Crippen molar-refractivity contribution in [3.05, 3.63) is 120 Å². The van der Waals surface area contributed by atoms with Gasteiger partial charge in [0.1, 0.15) is 5.82 Å². The Labute approximate surface area is 191 Å². The molecule has 0 aliphatic carbocycles. The zero-order chi connectivity index (χ0) is 22.3. The lowest BCUT2D eigenvalue weighted by Crippen LogP contribution is -2.32. The van der Waals surface area contributed by atoms with Crippen LogP contribution in [-0.4, -0.2) is 14.9 Å². The Hall–Kier alpha value is -3.30. The van der Waals surface area contributed by atoms with Crippen LogP contribution < -0.4 is 0 Å². The van der Waals surface area contributed by atoms with E-state index in [0.29, 0.717) is 5.92 Å². The third kappa shape index (κ3) is 5.49. The Kier molecular flexibility index (Phi) is 7.08. The van der Waals surface area contributed by atoms with Gasteiger partial charge < -0.3 is 0 Å². The van der Waals surface area contributed by atoms with Crippen LogP contribution in [0.15, 0.2) is 97.1 Å². The van der Waals surface area contributed by atoms with Crippen LogP contribution in [0.1, 0.15) is 42.5 Å². The highest BCUT2D eigenvalue weighted by molar-refractivity contribution is 5.59. The van der Waals surface area contributed by atoms with Crippen LogP contribution in [0.5, 0.6) is 0 Å². The van der Waals surface area contributed by atoms with Gasteiger partial charge in [-0.2, -0.15) is 0 Å². The first kappa shape index (κ1) is 21.9. The zero-order valence-corrected chi connectivity index (χ0v) is 19.1. The maximum absolute atomic E-state index is 4.93. The van der Waals surface area contributed by atoms with Crippen LogP contribution in [0.2, 0.25) is 0 Å². The highest BCUT2D eigenvalue weighted by atomic mass is 15.2. The van der Waals surface area contributed by atoms with Crippen molar-refractivity contribution in [3.63, 3.8) is 0 Å². The summed E-state index contributed by atoms with van der Waals surface area (Å²) in [5, 5.41) is 0. The smallest absolute Gasteiger partial charge is 0.126 e. The molecule has 0 N–H and O–H groups in total. The maximum Gasteiger partial charge on any atom is 0.126 e. The van der Waals surface area contributed by atoms with E-state index < -0.39 is 0 Å². The summed E-state index contributed by atoms with van der Waals surface area (Å²) in [7, 11) is 0. The summed E-state index contributed by atoms with van der Waals surface area (Å²) in [6.45, 7) is 8.29. The minimum absolute atomic E-state index is 0.166. The first-order valence-electron chi connectivity index (χ1n) is 11.3. The highest BCUT2D eigenvalue weighted by Crippen LogP contribution is 2.32. The second-order valence-electron chi connectivity index (χ2n) is 8.66. The molecule has 4 aromatic rings. The van der Waals surface area contributed by atoms with Crippen LogP contribution in [-0.2, 0) is 13.1 Å². The minimum atomic E-state index is 0.166. The summed E-state index contributed by atoms with van der Waals surface area (Å²) in [5.41, 5.74) is 5.81. The van der Waals surface area contributed by atoms with Gasteiger partial charge in [-0.1, -0.05) is 105 Å². The number of benzene rings is 3. The quantitative estimate of drug-likeness (QED) is 0.311. The zero-order valence-electron chi connectivity index (χ0n) is 19.1. The van der Waals surface area contributed by atoms with E-state index in [0.717, 1.165) is 35.9 Å². The maximum atomic E-state index is 4.93. The summed E-state index contributed by atoms with van der Waals surface area (Å²) in [6.07, 6.45) is 0. The SMILES string of the molecule is Cc1nc(-c2ccccc2)cc([C@H](C(C)C)N(Cc2ccccc2)Cc2ccccc2)n1. The number of hydrogen-bond donors (Lipinski definition) is 0. The average molecular weight is 422 g/mol. The van der Waals surface area contributed by atoms with E-state index in [2.05, 4.69) is 110 Å². The summed E-state index contributed by atoms with van der Waals surface area (Å²) in [6, 6.07) is 34.1. The molecular formula is C29H31N3. The third-order valence-electron chi connectivity index (χ3n) is 5.71. The van der Waals surface area contributed by atoms with Crippen molar-refractivity contribution in [2.45, 2.75) is 39.9 Å². The van der Waals surface area contributed by atoms with Gasteiger partial charge in [-0.15, -0.1) is 0 Å². The van der Waals surface area contributed by atoms with E-state index in [1.54, 1.807) is 0 Å². The van der Waals surface area contributed by atoms with Gasteiger partial charge in [-0.25, -0.2) is 9.97 Å². The van der Waals surface area contributed by atoms with Crippen LogP contribution in [0.25, 0.3) is 11.3 Å². The van der Waals surface area contributed by atoms with Gasteiger partial charge >= 0.3 is 0 Å². The lowest BCUT2D eigenvalue weighted by Gasteiger charge is -2.34. The lowest BCUT2D eigenvalue weighted by molar-refractivity contribution is 0.134. The van der Waals surface area contributed by atoms with E-state index in [1.165, 1.54) is 11.1 Å². The fraction of sp³-hybridized carbons (Fsp3) is 0.241. The van der Waals surface area contributed by atoms with E-state index in [-0.39, 0.29) is 6.04 Å². The van der Waals surface area contributed by atoms with Gasteiger partial charge in [0.25, 0.3) is 0 Å². The topological polar surface area (TPSA) is 29.0 Å². The first-order chi connectivity index (χ1) is 15.6. The molecule has 0 bridgehead atoms. The van der Waals surface area contributed by atoms with E-state index in [9.17, 15) is 0 Å². The molecule has 1 heterocycles. The number of aromatic nitrogens is 2. The Morgan fingerprint density at radius 1 is 0.688 bits per heavy atom. The van der Waals surface area contributed by atoms with Crippen LogP contribution in [0.4, 0.5) is 0 Å². The average Bonchev–Trinajstić information content (AvgIpc) is 2.80. The predicted octanol–water partition coefficient (Wildman–Crippen LogP) is 6.85. The molecule has 0 saturated heterocycles. The Morgan fingerprint density at radius 3 is 1.69 bits per heavy atom. The largest absolute Gasteiger partial charge is 0.286 e. The van der Waals surface area contributed by atoms with Crippen molar-refractivity contribution < 1.29 is 0 Å². The van der Waals surface area contributed by atoms with E-state index in [4.69, 9.17) is 9.97 Å². The fourth-order valence-electron chi connectivity index (χ4n) is 4.34. The molecule has 3 nitrogen and oxygen atoms in total. The number of aryl methyl sites for hydroxylation is 1. The number of rotatable bonds is 8. The van der Waals surface area contributed by atoms with Gasteiger partial charge in [-0.05, 0) is 30.0 Å². The second kappa shape index (κ2) is 10.3. The number of hydrogen-bond acceptors (Lipinski definition) is 3. The van der Waals surface area contributed by atoms with Gasteiger partial charge in [0.2, 0.25) is 0 Å². The first-order valence-corrected chi connectivity index (χ1v) is 11.3.